The first-order valence-corrected chi connectivity index (χ1v) is 7.22. The van der Waals surface area contributed by atoms with Crippen LogP contribution in [0, 0.1) is 0 Å². The third-order valence-electron chi connectivity index (χ3n) is 3.58. The minimum absolute atomic E-state index is 0.125. The van der Waals surface area contributed by atoms with E-state index in [1.54, 1.807) is 0 Å². The van der Waals surface area contributed by atoms with E-state index in [2.05, 4.69) is 9.88 Å². The zero-order valence-electron chi connectivity index (χ0n) is 11.1. The topological polar surface area (TPSA) is 60.0 Å². The molecule has 0 unspecified atom stereocenters. The molecular formula is C15H17N3OS. The third-order valence-corrected chi connectivity index (χ3v) is 3.82. The van der Waals surface area contributed by atoms with E-state index < -0.39 is 0 Å². The summed E-state index contributed by atoms with van der Waals surface area (Å²) in [5, 5.41) is 4.13. The van der Waals surface area contributed by atoms with Gasteiger partial charge >= 0.3 is 0 Å². The van der Waals surface area contributed by atoms with Gasteiger partial charge in [-0.25, -0.2) is 0 Å². The first kappa shape index (κ1) is 13.1. The van der Waals surface area contributed by atoms with Gasteiger partial charge < -0.3 is 15.6 Å². The Bertz CT molecular complexity index is 673. The molecule has 0 spiro atoms. The quantitative estimate of drug-likeness (QED) is 0.826. The van der Waals surface area contributed by atoms with Crippen molar-refractivity contribution in [3.05, 3.63) is 36.0 Å². The molecule has 1 fully saturated rings. The Morgan fingerprint density at radius 2 is 2.20 bits per heavy atom. The number of nitrogens with one attached hydrogen (secondary N) is 1. The highest BCUT2D eigenvalue weighted by Crippen LogP contribution is 2.20. The van der Waals surface area contributed by atoms with Crippen LogP contribution >= 0.6 is 12.2 Å². The number of aryl methyl sites for hydroxylation is 1. The molecule has 5 heteroatoms. The van der Waals surface area contributed by atoms with Gasteiger partial charge in [-0.15, -0.1) is 0 Å². The monoisotopic (exact) mass is 287 g/mol. The lowest BCUT2D eigenvalue weighted by atomic mass is 10.1. The molecule has 3 rings (SSSR count). The van der Waals surface area contributed by atoms with Crippen LogP contribution in [0.5, 0.6) is 0 Å². The van der Waals surface area contributed by atoms with Crippen molar-refractivity contribution < 1.29 is 4.79 Å². The van der Waals surface area contributed by atoms with Gasteiger partial charge in [-0.1, -0.05) is 24.4 Å². The molecule has 1 aromatic heterocycles. The highest BCUT2D eigenvalue weighted by atomic mass is 32.1. The largest absolute Gasteiger partial charge is 0.389 e. The number of nitrogens with two attached hydrogens (primary N) is 1. The smallest absolute Gasteiger partial charge is 0.222 e. The minimum Gasteiger partial charge on any atom is -0.389 e. The number of thiocarbonyl (C=S) groups is 1. The molecule has 0 bridgehead atoms. The standard InChI is InChI=1S/C15H17N3OS/c16-15(20)11-2-1-10-5-7-18(13(10)9-11)8-6-14(19)17-12-3-4-12/h1-2,5,7,9,12H,3-4,6,8H2,(H2,16,20)(H,17,19). The lowest BCUT2D eigenvalue weighted by molar-refractivity contribution is -0.121. The lowest BCUT2D eigenvalue weighted by Crippen LogP contribution is -2.26. The fourth-order valence-electron chi connectivity index (χ4n) is 2.28. The molecule has 4 nitrogen and oxygen atoms in total. The van der Waals surface area contributed by atoms with Gasteiger partial charge in [0.25, 0.3) is 0 Å². The molecular weight excluding hydrogens is 270 g/mol. The second-order valence-corrected chi connectivity index (χ2v) is 5.68. The van der Waals surface area contributed by atoms with E-state index in [0.29, 0.717) is 24.0 Å². The van der Waals surface area contributed by atoms with E-state index in [4.69, 9.17) is 18.0 Å². The van der Waals surface area contributed by atoms with Crippen LogP contribution in [-0.2, 0) is 11.3 Å². The first-order chi connectivity index (χ1) is 9.63. The number of aromatic nitrogens is 1. The summed E-state index contributed by atoms with van der Waals surface area (Å²) in [6.45, 7) is 0.669. The first-order valence-electron chi connectivity index (χ1n) is 6.81. The van der Waals surface area contributed by atoms with Crippen LogP contribution in [0.25, 0.3) is 10.9 Å². The molecule has 1 aliphatic rings. The summed E-state index contributed by atoms with van der Waals surface area (Å²) in [4.78, 5) is 12.1. The van der Waals surface area contributed by atoms with Gasteiger partial charge in [0.15, 0.2) is 0 Å². The number of fused-ring (bicyclic) bond motifs is 1. The van der Waals surface area contributed by atoms with E-state index >= 15 is 0 Å². The summed E-state index contributed by atoms with van der Waals surface area (Å²) in [6, 6.07) is 8.37. The molecule has 104 valence electrons. The van der Waals surface area contributed by atoms with Gasteiger partial charge in [-0.05, 0) is 30.4 Å². The summed E-state index contributed by atoms with van der Waals surface area (Å²) in [7, 11) is 0. The Morgan fingerprint density at radius 1 is 1.40 bits per heavy atom. The highest BCUT2D eigenvalue weighted by molar-refractivity contribution is 7.80. The molecule has 1 aromatic carbocycles. The van der Waals surface area contributed by atoms with Crippen molar-refractivity contribution in [2.75, 3.05) is 0 Å². The zero-order valence-corrected chi connectivity index (χ0v) is 12.0. The van der Waals surface area contributed by atoms with Crippen molar-refractivity contribution in [3.63, 3.8) is 0 Å². The highest BCUT2D eigenvalue weighted by Gasteiger charge is 2.22. The minimum atomic E-state index is 0.125. The van der Waals surface area contributed by atoms with Crippen LogP contribution in [0.4, 0.5) is 0 Å². The maximum Gasteiger partial charge on any atom is 0.222 e. The maximum absolute atomic E-state index is 11.7. The van der Waals surface area contributed by atoms with Crippen LogP contribution in [0.3, 0.4) is 0 Å². The number of benzene rings is 1. The average Bonchev–Trinajstić information content (AvgIpc) is 3.14. The molecule has 2 aromatic rings. The predicted octanol–water partition coefficient (Wildman–Crippen LogP) is 1.94. The lowest BCUT2D eigenvalue weighted by Gasteiger charge is -2.07. The molecule has 0 saturated heterocycles. The summed E-state index contributed by atoms with van der Waals surface area (Å²) in [5.74, 6) is 0.125. The van der Waals surface area contributed by atoms with E-state index in [1.165, 1.54) is 0 Å². The number of hydrogen-bond donors (Lipinski definition) is 2. The summed E-state index contributed by atoms with van der Waals surface area (Å²) < 4.78 is 2.07. The van der Waals surface area contributed by atoms with Gasteiger partial charge in [-0.3, -0.25) is 4.79 Å². The van der Waals surface area contributed by atoms with E-state index in [9.17, 15) is 4.79 Å². The number of rotatable bonds is 5. The predicted molar refractivity (Wildman–Crippen MR) is 83.6 cm³/mol. The summed E-state index contributed by atoms with van der Waals surface area (Å²) in [6.07, 6.45) is 4.74. The van der Waals surface area contributed by atoms with Crippen LogP contribution in [0.1, 0.15) is 24.8 Å². The Hall–Kier alpha value is -1.88. The maximum atomic E-state index is 11.7. The Morgan fingerprint density at radius 3 is 2.90 bits per heavy atom. The Kier molecular flexibility index (Phi) is 3.44. The third kappa shape index (κ3) is 2.82. The molecule has 0 atom stereocenters. The normalized spacial score (nSPS) is 14.4. The molecule has 1 amide bonds. The van der Waals surface area contributed by atoms with Crippen LogP contribution in [0.15, 0.2) is 30.5 Å². The molecule has 1 aliphatic carbocycles. The molecule has 0 radical (unpaired) electrons. The molecule has 20 heavy (non-hydrogen) atoms. The van der Waals surface area contributed by atoms with Gasteiger partial charge in [0, 0.05) is 36.3 Å². The average molecular weight is 287 g/mol. The van der Waals surface area contributed by atoms with Crippen molar-refractivity contribution in [1.29, 1.82) is 0 Å². The number of carbonyl (C=O) groups excluding carboxylic acids is 1. The van der Waals surface area contributed by atoms with Gasteiger partial charge in [0.05, 0.1) is 0 Å². The fraction of sp³-hybridized carbons (Fsp3) is 0.333. The zero-order chi connectivity index (χ0) is 14.1. The number of amides is 1. The SMILES string of the molecule is NC(=S)c1ccc2ccn(CCC(=O)NC3CC3)c2c1. The number of hydrogen-bond acceptors (Lipinski definition) is 2. The Labute approximate surface area is 122 Å². The second-order valence-electron chi connectivity index (χ2n) is 5.24. The van der Waals surface area contributed by atoms with Gasteiger partial charge in [0.2, 0.25) is 5.91 Å². The molecule has 0 aliphatic heterocycles. The number of nitrogens with zero attached hydrogens (tertiary/aromatic N) is 1. The van der Waals surface area contributed by atoms with Gasteiger partial charge in [0.1, 0.15) is 4.99 Å². The van der Waals surface area contributed by atoms with Crippen LogP contribution in [-0.4, -0.2) is 21.5 Å². The summed E-state index contributed by atoms with van der Waals surface area (Å²) in [5.41, 5.74) is 7.59. The summed E-state index contributed by atoms with van der Waals surface area (Å²) >= 11 is 5.01. The van der Waals surface area contributed by atoms with Crippen molar-refractivity contribution in [2.45, 2.75) is 31.8 Å². The van der Waals surface area contributed by atoms with Crippen molar-refractivity contribution >= 4 is 34.0 Å². The van der Waals surface area contributed by atoms with Crippen molar-refractivity contribution in [3.8, 4) is 0 Å². The van der Waals surface area contributed by atoms with Crippen molar-refractivity contribution in [2.24, 2.45) is 5.73 Å². The van der Waals surface area contributed by atoms with Gasteiger partial charge in [-0.2, -0.15) is 0 Å². The van der Waals surface area contributed by atoms with Crippen molar-refractivity contribution in [1.82, 2.24) is 9.88 Å². The van der Waals surface area contributed by atoms with E-state index in [1.807, 2.05) is 30.5 Å². The van der Waals surface area contributed by atoms with E-state index in [0.717, 1.165) is 29.3 Å². The number of carbonyl (C=O) groups is 1. The second kappa shape index (κ2) is 5.25. The Balaban J connectivity index is 1.74. The molecule has 3 N–H and O–H groups in total. The van der Waals surface area contributed by atoms with E-state index in [-0.39, 0.29) is 5.91 Å². The van der Waals surface area contributed by atoms with Crippen LogP contribution < -0.4 is 11.1 Å². The molecule has 1 heterocycles. The fourth-order valence-corrected chi connectivity index (χ4v) is 2.41. The molecule has 1 saturated carbocycles. The van der Waals surface area contributed by atoms with Crippen LogP contribution in [0.2, 0.25) is 0 Å².